The molecule has 2 unspecified atom stereocenters. The third kappa shape index (κ3) is 2.37. The van der Waals surface area contributed by atoms with Gasteiger partial charge >= 0.3 is 5.97 Å². The topological polar surface area (TPSA) is 66.8 Å². The summed E-state index contributed by atoms with van der Waals surface area (Å²) in [6.07, 6.45) is 7.98. The van der Waals surface area contributed by atoms with Crippen LogP contribution in [0.4, 0.5) is 0 Å². The van der Waals surface area contributed by atoms with Crippen LogP contribution in [-0.4, -0.2) is 34.5 Å². The number of rotatable bonds is 2. The Hall–Kier alpha value is -0.610. The van der Waals surface area contributed by atoms with Gasteiger partial charge in [-0.3, -0.25) is 4.79 Å². The maximum Gasteiger partial charge on any atom is 0.302 e. The van der Waals surface area contributed by atoms with E-state index in [-0.39, 0.29) is 34.2 Å². The van der Waals surface area contributed by atoms with Crippen molar-refractivity contribution >= 4 is 5.97 Å². The summed E-state index contributed by atoms with van der Waals surface area (Å²) in [6.45, 7) is 8.71. The third-order valence-electron chi connectivity index (χ3n) is 9.32. The molecule has 4 rings (SSSR count). The summed E-state index contributed by atoms with van der Waals surface area (Å²) in [4.78, 5) is 11.4. The number of hydrogen-bond donors (Lipinski definition) is 2. The SMILES string of the molecule is CC(=O)OC[C@]1(C)CCC[C@]2(C)[C@@H]1CC[C@]13CC(C)(O)[C@H](CC[C@H]12)C3O. The molecule has 2 N–H and O–H groups in total. The van der Waals surface area contributed by atoms with Crippen molar-refractivity contribution in [3.8, 4) is 0 Å². The van der Waals surface area contributed by atoms with Gasteiger partial charge < -0.3 is 14.9 Å². The lowest BCUT2D eigenvalue weighted by molar-refractivity contribution is -0.195. The van der Waals surface area contributed by atoms with Crippen LogP contribution >= 0.6 is 0 Å². The fraction of sp³-hybridized carbons (Fsp3) is 0.955. The second-order valence-corrected chi connectivity index (χ2v) is 10.8. The molecule has 148 valence electrons. The van der Waals surface area contributed by atoms with Gasteiger partial charge in [0.2, 0.25) is 0 Å². The van der Waals surface area contributed by atoms with Crippen molar-refractivity contribution in [1.82, 2.24) is 0 Å². The molecule has 26 heavy (non-hydrogen) atoms. The molecular formula is C22H36O4. The molecule has 4 saturated carbocycles. The summed E-state index contributed by atoms with van der Waals surface area (Å²) in [7, 11) is 0. The summed E-state index contributed by atoms with van der Waals surface area (Å²) < 4.78 is 5.50. The molecule has 4 heteroatoms. The maximum absolute atomic E-state index is 11.4. The third-order valence-corrected chi connectivity index (χ3v) is 9.32. The predicted octanol–water partition coefficient (Wildman–Crippen LogP) is 3.68. The molecule has 4 aliphatic carbocycles. The lowest BCUT2D eigenvalue weighted by Gasteiger charge is -2.65. The van der Waals surface area contributed by atoms with Gasteiger partial charge in [-0.15, -0.1) is 0 Å². The van der Waals surface area contributed by atoms with Crippen molar-refractivity contribution < 1.29 is 19.7 Å². The second-order valence-electron chi connectivity index (χ2n) is 10.8. The molecule has 4 aliphatic rings. The van der Waals surface area contributed by atoms with Gasteiger partial charge in [0.05, 0.1) is 18.3 Å². The molecule has 0 aliphatic heterocycles. The van der Waals surface area contributed by atoms with Gasteiger partial charge in [-0.2, -0.15) is 0 Å². The van der Waals surface area contributed by atoms with E-state index >= 15 is 0 Å². The molecule has 0 aromatic carbocycles. The zero-order chi connectivity index (χ0) is 19.0. The van der Waals surface area contributed by atoms with Crippen LogP contribution in [0.5, 0.6) is 0 Å². The average molecular weight is 365 g/mol. The van der Waals surface area contributed by atoms with Gasteiger partial charge in [-0.1, -0.05) is 20.3 Å². The van der Waals surface area contributed by atoms with E-state index in [9.17, 15) is 15.0 Å². The summed E-state index contributed by atoms with van der Waals surface area (Å²) in [6, 6.07) is 0. The van der Waals surface area contributed by atoms with Crippen LogP contribution in [-0.2, 0) is 9.53 Å². The first-order valence-corrected chi connectivity index (χ1v) is 10.6. The highest BCUT2D eigenvalue weighted by atomic mass is 16.5. The number of fused-ring (bicyclic) bond motifs is 3. The number of hydrogen-bond acceptors (Lipinski definition) is 4. The Balaban J connectivity index is 1.68. The molecule has 0 amide bonds. The van der Waals surface area contributed by atoms with E-state index < -0.39 is 5.60 Å². The van der Waals surface area contributed by atoms with Crippen molar-refractivity contribution in [3.05, 3.63) is 0 Å². The van der Waals surface area contributed by atoms with E-state index in [1.807, 2.05) is 6.92 Å². The van der Waals surface area contributed by atoms with Crippen molar-refractivity contribution in [3.63, 3.8) is 0 Å². The number of aliphatic hydroxyl groups excluding tert-OH is 1. The van der Waals surface area contributed by atoms with Gasteiger partial charge in [0.15, 0.2) is 0 Å². The smallest absolute Gasteiger partial charge is 0.302 e. The van der Waals surface area contributed by atoms with E-state index in [0.29, 0.717) is 18.4 Å². The van der Waals surface area contributed by atoms with Crippen LogP contribution in [0.1, 0.15) is 79.1 Å². The van der Waals surface area contributed by atoms with Crippen molar-refractivity contribution in [1.29, 1.82) is 0 Å². The maximum atomic E-state index is 11.4. The highest BCUT2D eigenvalue weighted by Gasteiger charge is 2.70. The van der Waals surface area contributed by atoms with Crippen LogP contribution < -0.4 is 0 Å². The molecule has 0 saturated heterocycles. The van der Waals surface area contributed by atoms with Gasteiger partial charge in [0, 0.05) is 23.7 Å². The van der Waals surface area contributed by atoms with Gasteiger partial charge in [-0.05, 0) is 69.1 Å². The van der Waals surface area contributed by atoms with Crippen molar-refractivity contribution in [2.45, 2.75) is 90.8 Å². The first-order chi connectivity index (χ1) is 12.1. The molecule has 2 bridgehead atoms. The molecule has 1 spiro atoms. The standard InChI is InChI=1S/C22H36O4/c1-14(23)26-13-19(2)9-5-10-20(3)16(19)8-11-22-12-21(4,25)15(18(22)24)6-7-17(20)22/h15-18,24-25H,5-13H2,1-4H3/t15-,16-,17+,18?,19+,20-,21?,22+/m1/s1. The minimum Gasteiger partial charge on any atom is -0.465 e. The van der Waals surface area contributed by atoms with E-state index in [4.69, 9.17) is 4.74 Å². The Morgan fingerprint density at radius 2 is 1.81 bits per heavy atom. The Morgan fingerprint density at radius 1 is 1.08 bits per heavy atom. The van der Waals surface area contributed by atoms with Gasteiger partial charge in [0.1, 0.15) is 0 Å². The molecule has 8 atom stereocenters. The predicted molar refractivity (Wildman–Crippen MR) is 99.3 cm³/mol. The second kappa shape index (κ2) is 5.70. The Bertz CT molecular complexity index is 601. The molecule has 0 heterocycles. The number of ether oxygens (including phenoxy) is 1. The zero-order valence-corrected chi connectivity index (χ0v) is 16.9. The lowest BCUT2D eigenvalue weighted by atomic mass is 9.40. The molecule has 0 aromatic heterocycles. The fourth-order valence-corrected chi connectivity index (χ4v) is 8.44. The van der Waals surface area contributed by atoms with E-state index in [0.717, 1.165) is 44.9 Å². The fourth-order valence-electron chi connectivity index (χ4n) is 8.44. The number of esters is 1. The van der Waals surface area contributed by atoms with E-state index in [1.165, 1.54) is 13.3 Å². The summed E-state index contributed by atoms with van der Waals surface area (Å²) >= 11 is 0. The highest BCUT2D eigenvalue weighted by Crippen LogP contribution is 2.72. The summed E-state index contributed by atoms with van der Waals surface area (Å²) in [5, 5.41) is 22.2. The van der Waals surface area contributed by atoms with Crippen LogP contribution in [0.3, 0.4) is 0 Å². The zero-order valence-electron chi connectivity index (χ0n) is 16.9. The van der Waals surface area contributed by atoms with Crippen LogP contribution in [0.15, 0.2) is 0 Å². The summed E-state index contributed by atoms with van der Waals surface area (Å²) in [5.74, 6) is 0.836. The van der Waals surface area contributed by atoms with Crippen molar-refractivity contribution in [2.24, 2.45) is 34.0 Å². The molecule has 4 nitrogen and oxygen atoms in total. The van der Waals surface area contributed by atoms with Crippen LogP contribution in [0.2, 0.25) is 0 Å². The van der Waals surface area contributed by atoms with Crippen LogP contribution in [0.25, 0.3) is 0 Å². The molecular weight excluding hydrogens is 328 g/mol. The quantitative estimate of drug-likeness (QED) is 0.734. The number of carbonyl (C=O) groups excluding carboxylic acids is 1. The monoisotopic (exact) mass is 364 g/mol. The Morgan fingerprint density at radius 3 is 2.50 bits per heavy atom. The lowest BCUT2D eigenvalue weighted by Crippen LogP contribution is -2.60. The van der Waals surface area contributed by atoms with Gasteiger partial charge in [-0.25, -0.2) is 0 Å². The number of carbonyl (C=O) groups is 1. The largest absolute Gasteiger partial charge is 0.465 e. The van der Waals surface area contributed by atoms with E-state index in [1.54, 1.807) is 0 Å². The molecule has 0 radical (unpaired) electrons. The minimum absolute atomic E-state index is 0.0310. The van der Waals surface area contributed by atoms with Gasteiger partial charge in [0.25, 0.3) is 0 Å². The van der Waals surface area contributed by atoms with E-state index in [2.05, 4.69) is 13.8 Å². The van der Waals surface area contributed by atoms with Crippen LogP contribution in [0, 0.1) is 34.0 Å². The normalized spacial score (nSPS) is 55.8. The molecule has 4 fully saturated rings. The first kappa shape index (κ1) is 18.7. The minimum atomic E-state index is -0.729. The number of aliphatic hydroxyl groups is 2. The van der Waals surface area contributed by atoms with Crippen molar-refractivity contribution in [2.75, 3.05) is 6.61 Å². The summed E-state index contributed by atoms with van der Waals surface area (Å²) in [5.41, 5.74) is -0.647. The Labute approximate surface area is 157 Å². The first-order valence-electron chi connectivity index (χ1n) is 10.6. The molecule has 0 aromatic rings. The average Bonchev–Trinajstić information content (AvgIpc) is 2.65. The Kier molecular flexibility index (Phi) is 4.11. The highest BCUT2D eigenvalue weighted by molar-refractivity contribution is 5.65.